The molecule has 1 unspecified atom stereocenters. The molecule has 12 nitrogen and oxygen atoms in total. The van der Waals surface area contributed by atoms with E-state index in [4.69, 9.17) is 9.47 Å². The fourth-order valence-electron chi connectivity index (χ4n) is 6.96. The lowest BCUT2D eigenvalue weighted by Crippen LogP contribution is -2.55. The number of likely N-dealkylation sites (tertiary alicyclic amines) is 1. The predicted octanol–water partition coefficient (Wildman–Crippen LogP) is 1.36. The van der Waals surface area contributed by atoms with Gasteiger partial charge < -0.3 is 29.3 Å². The highest BCUT2D eigenvalue weighted by atomic mass is 16.5. The molecular formula is C31H32N6O6. The molecule has 2 aromatic carbocycles. The van der Waals surface area contributed by atoms with Crippen molar-refractivity contribution in [1.82, 2.24) is 24.8 Å². The van der Waals surface area contributed by atoms with Gasteiger partial charge in [0, 0.05) is 25.3 Å². The lowest BCUT2D eigenvalue weighted by molar-refractivity contribution is -0.148. The van der Waals surface area contributed by atoms with Crippen LogP contribution in [0.2, 0.25) is 0 Å². The normalized spacial score (nSPS) is 28.2. The number of anilines is 1. The highest BCUT2D eigenvalue weighted by molar-refractivity contribution is 6.03. The number of amides is 3. The molecule has 1 aromatic heterocycles. The Balaban J connectivity index is 1.23. The van der Waals surface area contributed by atoms with Crippen LogP contribution in [-0.2, 0) is 25.8 Å². The average Bonchev–Trinajstić information content (AvgIpc) is 3.56. The van der Waals surface area contributed by atoms with Crippen LogP contribution >= 0.6 is 0 Å². The number of aromatic nitrogens is 3. The summed E-state index contributed by atoms with van der Waals surface area (Å²) in [6.07, 6.45) is 6.60. The molecule has 0 bridgehead atoms. The second-order valence-corrected chi connectivity index (χ2v) is 11.1. The number of aliphatic hydroxyl groups is 1. The summed E-state index contributed by atoms with van der Waals surface area (Å²) in [4.78, 5) is 47.4. The van der Waals surface area contributed by atoms with Crippen molar-refractivity contribution in [3.8, 4) is 5.75 Å². The summed E-state index contributed by atoms with van der Waals surface area (Å²) >= 11 is 0. The lowest BCUT2D eigenvalue weighted by atomic mass is 9.77. The Labute approximate surface area is 247 Å². The van der Waals surface area contributed by atoms with E-state index in [1.807, 2.05) is 73.7 Å². The second kappa shape index (κ2) is 10.6. The topological polar surface area (TPSA) is 130 Å². The van der Waals surface area contributed by atoms with Gasteiger partial charge in [0.2, 0.25) is 11.8 Å². The molecule has 0 saturated carbocycles. The van der Waals surface area contributed by atoms with Crippen molar-refractivity contribution >= 4 is 34.4 Å². The minimum Gasteiger partial charge on any atom is -0.494 e. The Bertz CT molecular complexity index is 1630. The Kier molecular flexibility index (Phi) is 6.74. The number of benzene rings is 2. The highest BCUT2D eigenvalue weighted by Gasteiger charge is 2.71. The first kappa shape index (κ1) is 27.3. The van der Waals surface area contributed by atoms with Gasteiger partial charge in [-0.3, -0.25) is 14.4 Å². The zero-order valence-electron chi connectivity index (χ0n) is 23.7. The minimum atomic E-state index is -1.38. The molecule has 3 amide bonds. The van der Waals surface area contributed by atoms with Crippen molar-refractivity contribution in [2.45, 2.75) is 31.3 Å². The summed E-state index contributed by atoms with van der Waals surface area (Å²) in [5.74, 6) is -2.08. The van der Waals surface area contributed by atoms with Gasteiger partial charge in [0.05, 0.1) is 36.7 Å². The molecule has 3 aromatic rings. The zero-order valence-corrected chi connectivity index (χ0v) is 23.7. The SMILES string of the molecule is CCOc1ccc(N2CC=C[C@H]3O[C@]45C=CCN(Cn6nnc7ccccc76)C(=O)C4N(CCO)C(=O)[C@@H]5[C@H]3C2=O)cc1. The quantitative estimate of drug-likeness (QED) is 0.412. The molecule has 5 heterocycles. The number of fused-ring (bicyclic) bond motifs is 3. The second-order valence-electron chi connectivity index (χ2n) is 11.1. The molecular weight excluding hydrogens is 552 g/mol. The summed E-state index contributed by atoms with van der Waals surface area (Å²) in [6.45, 7) is 2.71. The number of hydrogen-bond acceptors (Lipinski definition) is 8. The number of carbonyl (C=O) groups is 3. The number of hydrogen-bond donors (Lipinski definition) is 1. The van der Waals surface area contributed by atoms with Crippen LogP contribution in [0.1, 0.15) is 6.92 Å². The van der Waals surface area contributed by atoms with Crippen molar-refractivity contribution in [3.05, 3.63) is 72.8 Å². The number of nitrogens with zero attached hydrogens (tertiary/aromatic N) is 6. The summed E-state index contributed by atoms with van der Waals surface area (Å²) in [7, 11) is 0. The minimum absolute atomic E-state index is 0.0607. The summed E-state index contributed by atoms with van der Waals surface area (Å²) in [5, 5.41) is 18.4. The Morgan fingerprint density at radius 1 is 1.02 bits per heavy atom. The van der Waals surface area contributed by atoms with E-state index in [2.05, 4.69) is 10.3 Å². The maximum absolute atomic E-state index is 14.3. The fourth-order valence-corrected chi connectivity index (χ4v) is 6.96. The van der Waals surface area contributed by atoms with E-state index in [0.29, 0.717) is 30.1 Å². The van der Waals surface area contributed by atoms with Crippen LogP contribution < -0.4 is 9.64 Å². The maximum Gasteiger partial charge on any atom is 0.250 e. The van der Waals surface area contributed by atoms with Crippen LogP contribution in [0.4, 0.5) is 5.69 Å². The molecule has 4 aliphatic heterocycles. The Morgan fingerprint density at radius 3 is 2.63 bits per heavy atom. The molecule has 7 rings (SSSR count). The van der Waals surface area contributed by atoms with Crippen LogP contribution in [0, 0.1) is 11.8 Å². The molecule has 222 valence electrons. The first-order valence-corrected chi connectivity index (χ1v) is 14.5. The lowest BCUT2D eigenvalue weighted by Gasteiger charge is -2.35. The van der Waals surface area contributed by atoms with Gasteiger partial charge in [0.25, 0.3) is 5.91 Å². The summed E-state index contributed by atoms with van der Waals surface area (Å²) < 4.78 is 13.9. The molecule has 5 atom stereocenters. The van der Waals surface area contributed by atoms with Crippen molar-refractivity contribution in [2.24, 2.45) is 11.8 Å². The third-order valence-corrected chi connectivity index (χ3v) is 8.77. The number of ether oxygens (including phenoxy) is 2. The van der Waals surface area contributed by atoms with Crippen LogP contribution in [0.15, 0.2) is 72.8 Å². The molecule has 0 radical (unpaired) electrons. The van der Waals surface area contributed by atoms with E-state index < -0.39 is 29.6 Å². The van der Waals surface area contributed by atoms with Gasteiger partial charge in [0.15, 0.2) is 0 Å². The van der Waals surface area contributed by atoms with Crippen LogP contribution in [0.5, 0.6) is 5.75 Å². The van der Waals surface area contributed by atoms with Crippen molar-refractivity contribution in [1.29, 1.82) is 0 Å². The molecule has 1 spiro atoms. The smallest absolute Gasteiger partial charge is 0.250 e. The average molecular weight is 585 g/mol. The third-order valence-electron chi connectivity index (χ3n) is 8.77. The van der Waals surface area contributed by atoms with E-state index in [9.17, 15) is 19.5 Å². The molecule has 2 fully saturated rings. The van der Waals surface area contributed by atoms with E-state index in [-0.39, 0.29) is 44.1 Å². The largest absolute Gasteiger partial charge is 0.494 e. The van der Waals surface area contributed by atoms with Gasteiger partial charge >= 0.3 is 0 Å². The molecule has 12 heteroatoms. The van der Waals surface area contributed by atoms with Gasteiger partial charge in [-0.2, -0.15) is 0 Å². The van der Waals surface area contributed by atoms with E-state index in [1.165, 1.54) is 4.90 Å². The number of para-hydroxylation sites is 1. The number of aliphatic hydroxyl groups excluding tert-OH is 1. The van der Waals surface area contributed by atoms with Crippen LogP contribution in [-0.4, -0.2) is 98.2 Å². The fraction of sp³-hybridized carbons (Fsp3) is 0.387. The van der Waals surface area contributed by atoms with Crippen LogP contribution in [0.3, 0.4) is 0 Å². The Morgan fingerprint density at radius 2 is 1.84 bits per heavy atom. The number of β-amino-alcohol motifs (C(OH)–C–C–N with tert-alkyl or cyclic N) is 1. The molecule has 43 heavy (non-hydrogen) atoms. The van der Waals surface area contributed by atoms with Crippen molar-refractivity contribution < 1.29 is 29.0 Å². The van der Waals surface area contributed by atoms with Gasteiger partial charge in [-0.15, -0.1) is 5.10 Å². The summed E-state index contributed by atoms with van der Waals surface area (Å²) in [6, 6.07) is 13.7. The first-order valence-electron chi connectivity index (χ1n) is 14.5. The van der Waals surface area contributed by atoms with Gasteiger partial charge in [-0.1, -0.05) is 41.7 Å². The Hall–Kier alpha value is -4.55. The van der Waals surface area contributed by atoms with Gasteiger partial charge in [-0.05, 0) is 43.3 Å². The van der Waals surface area contributed by atoms with E-state index in [0.717, 1.165) is 5.52 Å². The highest BCUT2D eigenvalue weighted by Crippen LogP contribution is 2.53. The monoisotopic (exact) mass is 584 g/mol. The molecule has 0 aliphatic carbocycles. The zero-order chi connectivity index (χ0) is 29.7. The standard InChI is InChI=1S/C31H32N6O6/c1-2-42-21-12-10-20(11-13-21)35-16-5-9-24-25(28(35)39)26-29(40)36(17-18-38)27-30(41)34(15-6-14-31(26,27)43-24)19-37-23-8-4-3-7-22(23)32-33-37/h3-14,24-27,38H,2,15-19H2,1H3/t24-,25+,26+,27?,31+/m1/s1. The maximum atomic E-state index is 14.3. The van der Waals surface area contributed by atoms with Crippen LogP contribution in [0.25, 0.3) is 11.0 Å². The molecule has 1 N–H and O–H groups in total. The summed E-state index contributed by atoms with van der Waals surface area (Å²) in [5.41, 5.74) is 0.777. The number of carbonyl (C=O) groups excluding carboxylic acids is 3. The van der Waals surface area contributed by atoms with Gasteiger partial charge in [-0.25, -0.2) is 4.68 Å². The predicted molar refractivity (Wildman–Crippen MR) is 155 cm³/mol. The molecule has 2 saturated heterocycles. The van der Waals surface area contributed by atoms with Gasteiger partial charge in [0.1, 0.15) is 29.6 Å². The van der Waals surface area contributed by atoms with Crippen molar-refractivity contribution in [3.63, 3.8) is 0 Å². The molecule has 4 aliphatic rings. The van der Waals surface area contributed by atoms with E-state index >= 15 is 0 Å². The van der Waals surface area contributed by atoms with Crippen molar-refractivity contribution in [2.75, 3.05) is 37.7 Å². The van der Waals surface area contributed by atoms with E-state index in [1.54, 1.807) is 20.6 Å². The first-order chi connectivity index (χ1) is 21.0. The number of rotatable bonds is 7. The third kappa shape index (κ3) is 4.23.